The summed E-state index contributed by atoms with van der Waals surface area (Å²) in [5.41, 5.74) is 17.8. The van der Waals surface area contributed by atoms with Gasteiger partial charge in [-0.15, -0.1) is 0 Å². The third-order valence-corrected chi connectivity index (χ3v) is 12.3. The molecule has 0 amide bonds. The summed E-state index contributed by atoms with van der Waals surface area (Å²) in [6, 6.07) is 55.7. The van der Waals surface area contributed by atoms with Gasteiger partial charge in [0.05, 0.1) is 33.1 Å². The number of benzene rings is 8. The second-order valence-electron chi connectivity index (χ2n) is 15.6. The molecule has 0 unspecified atom stereocenters. The molecule has 0 bridgehead atoms. The molecular weight excluding hydrogens is 659 g/mol. The minimum absolute atomic E-state index is 0.0336. The topological polar surface area (TPSA) is 39.0 Å². The van der Waals surface area contributed by atoms with Crippen LogP contribution >= 0.6 is 0 Å². The maximum atomic E-state index is 5.30. The van der Waals surface area contributed by atoms with Gasteiger partial charge in [-0.2, -0.15) is 0 Å². The Balaban J connectivity index is 1.05. The van der Waals surface area contributed by atoms with Gasteiger partial charge in [-0.1, -0.05) is 123 Å². The predicted molar refractivity (Wildman–Crippen MR) is 222 cm³/mol. The van der Waals surface area contributed by atoms with E-state index in [9.17, 15) is 0 Å². The van der Waals surface area contributed by atoms with Crippen molar-refractivity contribution >= 4 is 71.7 Å². The van der Waals surface area contributed by atoms with Gasteiger partial charge in [-0.3, -0.25) is 8.80 Å². The maximum Gasteiger partial charge on any atom is 0.223 e. The number of hydrogen-bond donors (Lipinski definition) is 0. The highest BCUT2D eigenvalue weighted by Crippen LogP contribution is 2.49. The van der Waals surface area contributed by atoms with Crippen molar-refractivity contribution in [1.82, 2.24) is 23.2 Å². The van der Waals surface area contributed by atoms with Crippen molar-refractivity contribution in [1.29, 1.82) is 0 Å². The number of hydrogen-bond acceptors (Lipinski definition) is 2. The van der Waals surface area contributed by atoms with Crippen LogP contribution < -0.4 is 0 Å². The fourth-order valence-electron chi connectivity index (χ4n) is 9.65. The van der Waals surface area contributed by atoms with Gasteiger partial charge in [0.2, 0.25) is 11.6 Å². The summed E-state index contributed by atoms with van der Waals surface area (Å²) in [4.78, 5) is 10.6. The molecule has 1 aliphatic rings. The van der Waals surface area contributed by atoms with Crippen molar-refractivity contribution in [2.45, 2.75) is 19.3 Å². The Morgan fingerprint density at radius 1 is 0.389 bits per heavy atom. The van der Waals surface area contributed by atoms with Crippen LogP contribution in [0.15, 0.2) is 152 Å². The fourth-order valence-corrected chi connectivity index (χ4v) is 9.65. The van der Waals surface area contributed by atoms with Crippen LogP contribution in [0.25, 0.3) is 105 Å². The van der Waals surface area contributed by atoms with E-state index in [1.807, 2.05) is 0 Å². The van der Waals surface area contributed by atoms with Gasteiger partial charge >= 0.3 is 0 Å². The average molecular weight is 690 g/mol. The molecular formula is C49H31N5. The first-order chi connectivity index (χ1) is 26.5. The van der Waals surface area contributed by atoms with Gasteiger partial charge in [0.15, 0.2) is 0 Å². The Morgan fingerprint density at radius 3 is 1.46 bits per heavy atom. The van der Waals surface area contributed by atoms with Gasteiger partial charge in [0.25, 0.3) is 0 Å². The van der Waals surface area contributed by atoms with Crippen LogP contribution in [0.1, 0.15) is 25.0 Å². The normalized spacial score (nSPS) is 13.9. The number of rotatable bonds is 2. The summed E-state index contributed by atoms with van der Waals surface area (Å²) in [6.45, 7) is 4.69. The molecule has 0 fully saturated rings. The zero-order valence-electron chi connectivity index (χ0n) is 29.7. The number of aromatic nitrogens is 5. The quantitative estimate of drug-likeness (QED) is 0.181. The molecule has 0 spiro atoms. The maximum absolute atomic E-state index is 5.30. The van der Waals surface area contributed by atoms with E-state index in [0.717, 1.165) is 55.7 Å². The Hall–Kier alpha value is -6.98. The molecule has 1 aliphatic carbocycles. The van der Waals surface area contributed by atoms with Gasteiger partial charge in [-0.05, 0) is 109 Å². The van der Waals surface area contributed by atoms with Crippen molar-refractivity contribution in [2.24, 2.45) is 0 Å². The first-order valence-electron chi connectivity index (χ1n) is 18.7. The Bertz CT molecular complexity index is 3420. The highest BCUT2D eigenvalue weighted by molar-refractivity contribution is 6.08. The van der Waals surface area contributed by atoms with Crippen LogP contribution in [0.4, 0.5) is 0 Å². The lowest BCUT2D eigenvalue weighted by Gasteiger charge is -2.22. The second kappa shape index (κ2) is 9.71. The third-order valence-electron chi connectivity index (χ3n) is 12.3. The minimum Gasteiger partial charge on any atom is -0.276 e. The van der Waals surface area contributed by atoms with E-state index >= 15 is 0 Å². The Morgan fingerprint density at radius 2 is 0.870 bits per heavy atom. The summed E-state index contributed by atoms with van der Waals surface area (Å²) >= 11 is 0. The van der Waals surface area contributed by atoms with Crippen molar-refractivity contribution in [3.8, 4) is 33.4 Å². The highest BCUT2D eigenvalue weighted by atomic mass is 15.3. The molecule has 0 saturated heterocycles. The third kappa shape index (κ3) is 3.54. The Labute approximate surface area is 309 Å². The van der Waals surface area contributed by atoms with E-state index in [4.69, 9.17) is 9.97 Å². The van der Waals surface area contributed by atoms with Crippen LogP contribution in [-0.2, 0) is 5.41 Å². The monoisotopic (exact) mass is 689 g/mol. The highest BCUT2D eigenvalue weighted by Gasteiger charge is 2.35. The van der Waals surface area contributed by atoms with Crippen LogP contribution in [0.3, 0.4) is 0 Å². The van der Waals surface area contributed by atoms with Gasteiger partial charge in [0.1, 0.15) is 5.52 Å². The molecule has 13 rings (SSSR count). The van der Waals surface area contributed by atoms with Crippen molar-refractivity contribution < 1.29 is 0 Å². The zero-order chi connectivity index (χ0) is 35.4. The molecule has 0 aliphatic heterocycles. The van der Waals surface area contributed by atoms with Crippen molar-refractivity contribution in [2.75, 3.05) is 0 Å². The van der Waals surface area contributed by atoms with E-state index in [0.29, 0.717) is 0 Å². The average Bonchev–Trinajstić information content (AvgIpc) is 3.97. The standard InChI is InChI=1S/C49H31N5/c1-49(2)38-14-8-7-13-36(38)37-20-19-34(21-39(37)49)28-15-17-29(18-16-28)35-26-44-46-45(27-35)53-43-25-33-12-6-4-10-31(33)23-41(43)51-48(53)54(46)47-50-40-22-30-9-3-5-11-32(30)24-42(40)52(44)47/h3-27H,1-2H3. The molecule has 0 saturated carbocycles. The van der Waals surface area contributed by atoms with Crippen LogP contribution in [-0.4, -0.2) is 23.2 Å². The molecule has 4 aromatic heterocycles. The summed E-state index contributed by atoms with van der Waals surface area (Å²) < 4.78 is 6.94. The number of nitrogens with zero attached hydrogens (tertiary/aromatic N) is 5. The van der Waals surface area contributed by atoms with Gasteiger partial charge in [-0.25, -0.2) is 14.4 Å². The summed E-state index contributed by atoms with van der Waals surface area (Å²) in [7, 11) is 0. The lowest BCUT2D eigenvalue weighted by Crippen LogP contribution is -2.14. The molecule has 54 heavy (non-hydrogen) atoms. The lowest BCUT2D eigenvalue weighted by atomic mass is 9.81. The molecule has 5 nitrogen and oxygen atoms in total. The molecule has 4 heterocycles. The smallest absolute Gasteiger partial charge is 0.223 e. The SMILES string of the molecule is CC1(C)c2ccccc2-c2ccc(-c3ccc(-c4cc5c6c(c4)n4c7cc8ccccc8cc7nc4n6c4nc6cc7ccccc7cc6n54)cc3)cc21. The number of imidazole rings is 4. The van der Waals surface area contributed by atoms with Crippen molar-refractivity contribution in [3.05, 3.63) is 163 Å². The summed E-state index contributed by atoms with van der Waals surface area (Å²) in [5, 5.41) is 4.78. The minimum atomic E-state index is -0.0336. The molecule has 0 atom stereocenters. The summed E-state index contributed by atoms with van der Waals surface area (Å²) in [5.74, 6) is 1.76. The zero-order valence-corrected chi connectivity index (χ0v) is 29.7. The number of fused-ring (bicyclic) bond motifs is 15. The first-order valence-corrected chi connectivity index (χ1v) is 18.7. The van der Waals surface area contributed by atoms with Crippen molar-refractivity contribution in [3.63, 3.8) is 0 Å². The molecule has 5 heteroatoms. The molecule has 8 aromatic carbocycles. The molecule has 0 radical (unpaired) electrons. The largest absolute Gasteiger partial charge is 0.276 e. The molecule has 12 aromatic rings. The lowest BCUT2D eigenvalue weighted by molar-refractivity contribution is 0.660. The van der Waals surface area contributed by atoms with E-state index < -0.39 is 0 Å². The summed E-state index contributed by atoms with van der Waals surface area (Å²) in [6.07, 6.45) is 0. The van der Waals surface area contributed by atoms with E-state index in [-0.39, 0.29) is 5.41 Å². The first kappa shape index (κ1) is 28.6. The van der Waals surface area contributed by atoms with E-state index in [1.165, 1.54) is 60.5 Å². The van der Waals surface area contributed by atoms with E-state index in [2.05, 4.69) is 179 Å². The second-order valence-corrected chi connectivity index (χ2v) is 15.6. The van der Waals surface area contributed by atoms with Crippen LogP contribution in [0.5, 0.6) is 0 Å². The fraction of sp³-hybridized carbons (Fsp3) is 0.0612. The van der Waals surface area contributed by atoms with Crippen LogP contribution in [0, 0.1) is 0 Å². The molecule has 252 valence electrons. The van der Waals surface area contributed by atoms with Gasteiger partial charge in [0, 0.05) is 5.41 Å². The van der Waals surface area contributed by atoms with Gasteiger partial charge < -0.3 is 0 Å². The van der Waals surface area contributed by atoms with E-state index in [1.54, 1.807) is 0 Å². The van der Waals surface area contributed by atoms with Crippen LogP contribution in [0.2, 0.25) is 0 Å². The molecule has 0 N–H and O–H groups in total. The predicted octanol–water partition coefficient (Wildman–Crippen LogP) is 12.1. The Kier molecular flexibility index (Phi) is 5.14.